The number of amides is 1. The second kappa shape index (κ2) is 13.6. The zero-order chi connectivity index (χ0) is 31.4. The van der Waals surface area contributed by atoms with Gasteiger partial charge in [0.1, 0.15) is 11.5 Å². The van der Waals surface area contributed by atoms with E-state index in [9.17, 15) is 13.2 Å². The van der Waals surface area contributed by atoms with Gasteiger partial charge in [-0.2, -0.15) is 9.41 Å². The highest BCUT2D eigenvalue weighted by Crippen LogP contribution is 2.45. The quantitative estimate of drug-likeness (QED) is 0.291. The lowest BCUT2D eigenvalue weighted by atomic mass is 9.77. The summed E-state index contributed by atoms with van der Waals surface area (Å²) in [6.45, 7) is 6.46. The van der Waals surface area contributed by atoms with Crippen molar-refractivity contribution in [1.82, 2.24) is 9.31 Å². The maximum absolute atomic E-state index is 14.2. The molecule has 0 aromatic heterocycles. The molecular formula is C35H39N3O6S. The van der Waals surface area contributed by atoms with Crippen LogP contribution in [0.3, 0.4) is 0 Å². The topological polar surface area (TPSA) is 97.7 Å². The van der Waals surface area contributed by atoms with E-state index in [1.54, 1.807) is 17.1 Å². The number of fused-ring (bicyclic) bond motifs is 1. The summed E-state index contributed by atoms with van der Waals surface area (Å²) in [4.78, 5) is 14.3. The maximum atomic E-state index is 14.2. The molecule has 6 rings (SSSR count). The number of hydrogen-bond donors (Lipinski definition) is 0. The van der Waals surface area contributed by atoms with Crippen LogP contribution < -0.4 is 9.47 Å². The second-order valence-electron chi connectivity index (χ2n) is 11.3. The maximum Gasteiger partial charge on any atom is 0.274 e. The highest BCUT2D eigenvalue weighted by Gasteiger charge is 2.44. The van der Waals surface area contributed by atoms with Gasteiger partial charge in [-0.3, -0.25) is 4.79 Å². The lowest BCUT2D eigenvalue weighted by Gasteiger charge is -2.30. The third-order valence-electron chi connectivity index (χ3n) is 8.48. The number of hydrogen-bond acceptors (Lipinski definition) is 7. The van der Waals surface area contributed by atoms with Gasteiger partial charge in [0.25, 0.3) is 5.91 Å². The van der Waals surface area contributed by atoms with Crippen molar-refractivity contribution >= 4 is 27.7 Å². The average molecular weight is 630 g/mol. The van der Waals surface area contributed by atoms with Crippen LogP contribution in [-0.4, -0.2) is 68.9 Å². The lowest BCUT2D eigenvalue weighted by molar-refractivity contribution is 0.0680. The van der Waals surface area contributed by atoms with Crippen LogP contribution in [0.4, 0.5) is 0 Å². The molecule has 236 valence electrons. The van der Waals surface area contributed by atoms with E-state index >= 15 is 0 Å². The number of sulfonamides is 1. The van der Waals surface area contributed by atoms with E-state index < -0.39 is 10.0 Å². The number of morpholine rings is 1. The summed E-state index contributed by atoms with van der Waals surface area (Å²) in [6.07, 6.45) is 4.91. The fourth-order valence-electron chi connectivity index (χ4n) is 6.30. The zero-order valence-electron chi connectivity index (χ0n) is 25.7. The Morgan fingerprint density at radius 1 is 0.911 bits per heavy atom. The fourth-order valence-corrected chi connectivity index (χ4v) is 7.70. The summed E-state index contributed by atoms with van der Waals surface area (Å²) in [5.41, 5.74) is 4.45. The van der Waals surface area contributed by atoms with Crippen molar-refractivity contribution in [2.75, 3.05) is 39.5 Å². The van der Waals surface area contributed by atoms with Gasteiger partial charge in [0, 0.05) is 24.6 Å². The molecule has 1 amide bonds. The number of allylic oxidation sites excluding steroid dienone is 1. The van der Waals surface area contributed by atoms with E-state index in [1.807, 2.05) is 62.4 Å². The van der Waals surface area contributed by atoms with Gasteiger partial charge in [0.05, 0.1) is 43.1 Å². The van der Waals surface area contributed by atoms with E-state index in [0.29, 0.717) is 45.1 Å². The van der Waals surface area contributed by atoms with Gasteiger partial charge in [-0.1, -0.05) is 24.3 Å². The molecule has 3 aliphatic rings. The highest BCUT2D eigenvalue weighted by atomic mass is 32.2. The monoisotopic (exact) mass is 629 g/mol. The molecule has 0 spiro atoms. The molecule has 9 nitrogen and oxygen atoms in total. The zero-order valence-corrected chi connectivity index (χ0v) is 26.5. The van der Waals surface area contributed by atoms with Crippen LogP contribution in [0.5, 0.6) is 11.5 Å². The van der Waals surface area contributed by atoms with Crippen molar-refractivity contribution in [3.63, 3.8) is 0 Å². The van der Waals surface area contributed by atoms with Crippen molar-refractivity contribution < 1.29 is 27.4 Å². The van der Waals surface area contributed by atoms with E-state index in [4.69, 9.17) is 19.3 Å². The summed E-state index contributed by atoms with van der Waals surface area (Å²) in [5, 5.41) is 6.60. The lowest BCUT2D eigenvalue weighted by Crippen LogP contribution is -2.40. The highest BCUT2D eigenvalue weighted by molar-refractivity contribution is 7.89. The van der Waals surface area contributed by atoms with E-state index in [0.717, 1.165) is 53.2 Å². The van der Waals surface area contributed by atoms with Crippen LogP contribution >= 0.6 is 0 Å². The van der Waals surface area contributed by atoms with Crippen molar-refractivity contribution in [3.8, 4) is 11.5 Å². The molecule has 2 atom stereocenters. The van der Waals surface area contributed by atoms with Crippen LogP contribution in [0.25, 0.3) is 6.08 Å². The summed E-state index contributed by atoms with van der Waals surface area (Å²) >= 11 is 0. The standard InChI is InChI=1S/C35H39N3O6S/c1-3-43-29-14-8-25(9-15-29)24-28-6-5-7-32-33(28)36-38(34(32)26-10-16-30(17-11-26)44-4-2)35(39)27-12-18-31(19-13-27)45(40,41)37-20-22-42-23-21-37/h8-19,24,32,34H,3-7,20-23H2,1-2H3/b28-24+/t32-,34-/m1/s1. The third kappa shape index (κ3) is 6.54. The molecule has 0 bridgehead atoms. The molecule has 3 aromatic rings. The minimum atomic E-state index is -3.67. The largest absolute Gasteiger partial charge is 0.494 e. The van der Waals surface area contributed by atoms with Gasteiger partial charge in [0.15, 0.2) is 0 Å². The van der Waals surface area contributed by atoms with Crippen LogP contribution in [0.2, 0.25) is 0 Å². The number of rotatable bonds is 9. The number of carbonyl (C=O) groups is 1. The van der Waals surface area contributed by atoms with Crippen molar-refractivity contribution in [3.05, 3.63) is 95.1 Å². The number of nitrogens with zero attached hydrogens (tertiary/aromatic N) is 3. The summed E-state index contributed by atoms with van der Waals surface area (Å²) in [7, 11) is -3.67. The Hall–Kier alpha value is -3.99. The average Bonchev–Trinajstić information content (AvgIpc) is 3.47. The van der Waals surface area contributed by atoms with Gasteiger partial charge >= 0.3 is 0 Å². The number of ether oxygens (including phenoxy) is 3. The van der Waals surface area contributed by atoms with Gasteiger partial charge < -0.3 is 14.2 Å². The molecule has 2 fully saturated rings. The minimum absolute atomic E-state index is 0.0237. The molecule has 45 heavy (non-hydrogen) atoms. The first kappa shape index (κ1) is 31.0. The van der Waals surface area contributed by atoms with E-state index in [-0.39, 0.29) is 22.8 Å². The first-order valence-corrected chi connectivity index (χ1v) is 17.1. The molecule has 0 N–H and O–H groups in total. The summed E-state index contributed by atoms with van der Waals surface area (Å²) in [5.74, 6) is 1.35. The smallest absolute Gasteiger partial charge is 0.274 e. The Bertz CT molecular complexity index is 1660. The molecule has 3 aromatic carbocycles. The number of benzene rings is 3. The number of hydrazone groups is 1. The molecule has 1 aliphatic carbocycles. The van der Waals surface area contributed by atoms with Crippen LogP contribution in [0.15, 0.2) is 88.4 Å². The van der Waals surface area contributed by atoms with Gasteiger partial charge in [0.2, 0.25) is 10.0 Å². The molecule has 0 radical (unpaired) electrons. The van der Waals surface area contributed by atoms with Gasteiger partial charge in [-0.25, -0.2) is 13.4 Å². The molecular weight excluding hydrogens is 590 g/mol. The summed E-state index contributed by atoms with van der Waals surface area (Å²) in [6, 6.07) is 21.8. The van der Waals surface area contributed by atoms with E-state index in [1.165, 1.54) is 16.4 Å². The molecule has 10 heteroatoms. The molecule has 1 saturated heterocycles. The second-order valence-corrected chi connectivity index (χ2v) is 13.2. The van der Waals surface area contributed by atoms with Crippen molar-refractivity contribution in [1.29, 1.82) is 0 Å². The molecule has 0 unspecified atom stereocenters. The molecule has 2 aliphatic heterocycles. The first-order valence-electron chi connectivity index (χ1n) is 15.7. The van der Waals surface area contributed by atoms with Crippen LogP contribution in [0, 0.1) is 5.92 Å². The Morgan fingerprint density at radius 2 is 1.53 bits per heavy atom. The predicted octanol–water partition coefficient (Wildman–Crippen LogP) is 5.94. The van der Waals surface area contributed by atoms with Crippen LogP contribution in [-0.2, 0) is 14.8 Å². The Kier molecular flexibility index (Phi) is 9.34. The van der Waals surface area contributed by atoms with Crippen molar-refractivity contribution in [2.24, 2.45) is 11.0 Å². The number of carbonyl (C=O) groups excluding carboxylic acids is 1. The van der Waals surface area contributed by atoms with Crippen molar-refractivity contribution in [2.45, 2.75) is 44.0 Å². The van der Waals surface area contributed by atoms with E-state index in [2.05, 4.69) is 6.08 Å². The molecule has 1 saturated carbocycles. The fraction of sp³-hybridized carbons (Fsp3) is 0.371. The normalized spacial score (nSPS) is 21.3. The Morgan fingerprint density at radius 3 is 2.16 bits per heavy atom. The predicted molar refractivity (Wildman–Crippen MR) is 173 cm³/mol. The van der Waals surface area contributed by atoms with Gasteiger partial charge in [-0.15, -0.1) is 0 Å². The Labute approximate surface area is 265 Å². The molecule has 2 heterocycles. The minimum Gasteiger partial charge on any atom is -0.494 e. The first-order chi connectivity index (χ1) is 21.9. The summed E-state index contributed by atoms with van der Waals surface area (Å²) < 4.78 is 44.4. The Balaban J connectivity index is 1.33. The third-order valence-corrected chi connectivity index (χ3v) is 10.4. The van der Waals surface area contributed by atoms with Gasteiger partial charge in [-0.05, 0) is 104 Å². The SMILES string of the molecule is CCOc1ccc(/C=C2\CCC[C@@H]3C2=NN(C(=O)c2ccc(S(=O)(=O)N4CCOCC4)cc2)[C@@H]3c2ccc(OCC)cc2)cc1. The van der Waals surface area contributed by atoms with Crippen LogP contribution in [0.1, 0.15) is 60.6 Å².